The minimum absolute atomic E-state index is 0.0538. The largest absolute Gasteiger partial charge is 0.384 e. The van der Waals surface area contributed by atoms with E-state index in [1.807, 2.05) is 0 Å². The zero-order valence-electron chi connectivity index (χ0n) is 16.9. The molecular weight excluding hydrogens is 455 g/mol. The Morgan fingerprint density at radius 1 is 1.38 bits per heavy atom. The third-order valence-corrected chi connectivity index (χ3v) is 5.84. The van der Waals surface area contributed by atoms with Crippen molar-refractivity contribution in [1.82, 2.24) is 14.4 Å². The third kappa shape index (κ3) is 3.99. The van der Waals surface area contributed by atoms with Gasteiger partial charge in [-0.3, -0.25) is 14.5 Å². The number of aliphatic imine (C=N–C) groups is 1. The number of nitro groups is 1. The van der Waals surface area contributed by atoms with Gasteiger partial charge in [0.25, 0.3) is 5.54 Å². The van der Waals surface area contributed by atoms with E-state index in [1.165, 1.54) is 12.2 Å². The van der Waals surface area contributed by atoms with Crippen molar-refractivity contribution in [1.29, 1.82) is 0 Å². The number of nitrogens with two attached hydrogens (primary N) is 2. The number of halogens is 2. The lowest BCUT2D eigenvalue weighted by atomic mass is 9.87. The molecular formula is C20H20Cl2N8O2. The first kappa shape index (κ1) is 22.0. The second kappa shape index (κ2) is 8.38. The Balaban J connectivity index is 1.67. The van der Waals surface area contributed by atoms with Crippen molar-refractivity contribution in [3.63, 3.8) is 0 Å². The molecule has 3 aromatic rings. The van der Waals surface area contributed by atoms with Crippen molar-refractivity contribution in [3.8, 4) is 11.3 Å². The Bertz CT molecular complexity index is 1260. The van der Waals surface area contributed by atoms with Gasteiger partial charge in [0.2, 0.25) is 5.95 Å². The van der Waals surface area contributed by atoms with Gasteiger partial charge in [0.05, 0.1) is 10.7 Å². The van der Waals surface area contributed by atoms with E-state index in [2.05, 4.69) is 20.3 Å². The molecule has 3 atom stereocenters. The topological polar surface area (TPSA) is 150 Å². The third-order valence-electron chi connectivity index (χ3n) is 5.29. The molecule has 0 saturated carbocycles. The number of imidazole rings is 1. The quantitative estimate of drug-likeness (QED) is 0.366. The Hall–Kier alpha value is -3.21. The van der Waals surface area contributed by atoms with Crippen LogP contribution < -0.4 is 16.8 Å². The van der Waals surface area contributed by atoms with Crippen LogP contribution >= 0.6 is 23.2 Å². The summed E-state index contributed by atoms with van der Waals surface area (Å²) in [6, 6.07) is 6.52. The van der Waals surface area contributed by atoms with Gasteiger partial charge in [-0.1, -0.05) is 23.2 Å². The zero-order chi connectivity index (χ0) is 23.0. The molecule has 10 nitrogen and oxygen atoms in total. The van der Waals surface area contributed by atoms with Crippen molar-refractivity contribution in [2.75, 3.05) is 5.32 Å². The lowest BCUT2D eigenvalue weighted by Crippen LogP contribution is -2.56. The van der Waals surface area contributed by atoms with Crippen LogP contribution in [0.4, 0.5) is 5.95 Å². The molecule has 1 aliphatic rings. The maximum Gasteiger partial charge on any atom is 0.277 e. The monoisotopic (exact) mass is 474 g/mol. The predicted molar refractivity (Wildman–Crippen MR) is 125 cm³/mol. The normalized spacial score (nSPS) is 21.4. The average Bonchev–Trinajstić information content (AvgIpc) is 3.19. The van der Waals surface area contributed by atoms with E-state index in [-0.39, 0.29) is 12.3 Å². The molecule has 0 radical (unpaired) electrons. The Morgan fingerprint density at radius 2 is 2.16 bits per heavy atom. The van der Waals surface area contributed by atoms with Gasteiger partial charge in [-0.2, -0.15) is 0 Å². The number of anilines is 1. The van der Waals surface area contributed by atoms with E-state index < -0.39 is 22.7 Å². The number of fused-ring (bicyclic) bond motifs is 1. The highest BCUT2D eigenvalue weighted by atomic mass is 35.5. The summed E-state index contributed by atoms with van der Waals surface area (Å²) in [5.74, 6) is 0.605. The summed E-state index contributed by atoms with van der Waals surface area (Å²) in [5, 5.41) is 16.1. The summed E-state index contributed by atoms with van der Waals surface area (Å²) in [6.07, 6.45) is 5.14. The Morgan fingerprint density at radius 3 is 2.84 bits per heavy atom. The van der Waals surface area contributed by atoms with Crippen molar-refractivity contribution in [2.24, 2.45) is 16.5 Å². The number of benzene rings is 1. The van der Waals surface area contributed by atoms with Crippen molar-refractivity contribution in [2.45, 2.75) is 31.1 Å². The molecule has 0 aliphatic carbocycles. The summed E-state index contributed by atoms with van der Waals surface area (Å²) in [7, 11) is 0. The van der Waals surface area contributed by atoms with Gasteiger partial charge in [-0.25, -0.2) is 15.0 Å². The number of rotatable bonds is 6. The van der Waals surface area contributed by atoms with Crippen LogP contribution in [-0.4, -0.2) is 42.9 Å². The molecule has 4 rings (SSSR count). The van der Waals surface area contributed by atoms with E-state index >= 15 is 0 Å². The van der Waals surface area contributed by atoms with Crippen LogP contribution in [0, 0.1) is 10.1 Å². The number of aromatic nitrogens is 3. The lowest BCUT2D eigenvalue weighted by molar-refractivity contribution is -0.560. The van der Waals surface area contributed by atoms with Crippen LogP contribution in [0.1, 0.15) is 13.3 Å². The first-order valence-electron chi connectivity index (χ1n) is 9.68. The van der Waals surface area contributed by atoms with E-state index in [0.717, 1.165) is 0 Å². The summed E-state index contributed by atoms with van der Waals surface area (Å²) in [6.45, 7) is 1.81. The Labute approximate surface area is 193 Å². The Kier molecular flexibility index (Phi) is 5.76. The second-order valence-corrected chi connectivity index (χ2v) is 8.42. The van der Waals surface area contributed by atoms with Crippen LogP contribution in [-0.2, 0) is 0 Å². The van der Waals surface area contributed by atoms with Gasteiger partial charge >= 0.3 is 0 Å². The molecule has 0 bridgehead atoms. The van der Waals surface area contributed by atoms with Gasteiger partial charge < -0.3 is 16.8 Å². The maximum absolute atomic E-state index is 11.9. The number of nitrogens with zero attached hydrogens (tertiary/aromatic N) is 5. The summed E-state index contributed by atoms with van der Waals surface area (Å²) < 4.78 is 1.75. The summed E-state index contributed by atoms with van der Waals surface area (Å²) >= 11 is 12.4. The average molecular weight is 475 g/mol. The fraction of sp³-hybridized carbons (Fsp3) is 0.250. The van der Waals surface area contributed by atoms with Gasteiger partial charge in [0.1, 0.15) is 11.5 Å². The van der Waals surface area contributed by atoms with Crippen molar-refractivity contribution in [3.05, 3.63) is 69.0 Å². The molecule has 3 unspecified atom stereocenters. The second-order valence-electron chi connectivity index (χ2n) is 7.57. The van der Waals surface area contributed by atoms with Crippen LogP contribution in [0.3, 0.4) is 0 Å². The molecule has 1 aromatic carbocycles. The van der Waals surface area contributed by atoms with Crippen LogP contribution in [0.5, 0.6) is 0 Å². The van der Waals surface area contributed by atoms with Gasteiger partial charge in [-0.05, 0) is 37.3 Å². The molecule has 3 heterocycles. The van der Waals surface area contributed by atoms with Crippen molar-refractivity contribution >= 4 is 40.6 Å². The van der Waals surface area contributed by atoms with Crippen LogP contribution in [0.2, 0.25) is 10.0 Å². The van der Waals surface area contributed by atoms with E-state index in [0.29, 0.717) is 32.9 Å². The number of amidine groups is 1. The van der Waals surface area contributed by atoms with Gasteiger partial charge in [-0.15, -0.1) is 0 Å². The number of hydrogen-bond acceptors (Lipinski definition) is 8. The first-order chi connectivity index (χ1) is 15.2. The molecule has 1 aliphatic heterocycles. The smallest absolute Gasteiger partial charge is 0.277 e. The van der Waals surface area contributed by atoms with Crippen LogP contribution in [0.25, 0.3) is 16.9 Å². The molecule has 5 N–H and O–H groups in total. The number of dihydropyridines is 1. The van der Waals surface area contributed by atoms with Crippen LogP contribution in [0.15, 0.2) is 53.8 Å². The summed E-state index contributed by atoms with van der Waals surface area (Å²) in [4.78, 5) is 24.5. The number of hydrogen-bond donors (Lipinski definition) is 3. The van der Waals surface area contributed by atoms with Crippen molar-refractivity contribution < 1.29 is 4.92 Å². The minimum atomic E-state index is -1.60. The standard InChI is InChI=1S/C20H20Cl2N8O2/c1-11(10-20(30(31)32)5-4-16(23)28-18(20)24)26-19-27-15(9-17-25-6-7-29(17)19)13-3-2-12(21)8-14(13)22/h2-9,11,18H,10,24H2,1H3,(H2,23,28)(H,26,27). The zero-order valence-corrected chi connectivity index (χ0v) is 18.5. The fourth-order valence-electron chi connectivity index (χ4n) is 3.70. The SMILES string of the molecule is CC(CC1([N+](=O)[O-])C=CC(N)=NC1N)Nc1nc(-c2ccc(Cl)cc2Cl)cc2nccn12. The molecule has 0 saturated heterocycles. The molecule has 32 heavy (non-hydrogen) atoms. The van der Waals surface area contributed by atoms with E-state index in [4.69, 9.17) is 34.7 Å². The molecule has 2 aromatic heterocycles. The first-order valence-corrected chi connectivity index (χ1v) is 10.4. The molecule has 166 valence electrons. The lowest BCUT2D eigenvalue weighted by Gasteiger charge is -2.30. The highest BCUT2D eigenvalue weighted by molar-refractivity contribution is 6.36. The van der Waals surface area contributed by atoms with Gasteiger partial charge in [0, 0.05) is 46.4 Å². The minimum Gasteiger partial charge on any atom is -0.384 e. The summed E-state index contributed by atoms with van der Waals surface area (Å²) in [5.41, 5.74) is 12.0. The molecule has 12 heteroatoms. The van der Waals surface area contributed by atoms with E-state index in [1.54, 1.807) is 48.0 Å². The maximum atomic E-state index is 11.9. The molecule has 0 fully saturated rings. The van der Waals surface area contributed by atoms with Gasteiger partial charge in [0.15, 0.2) is 6.17 Å². The highest BCUT2D eigenvalue weighted by Gasteiger charge is 2.49. The molecule has 0 spiro atoms. The fourth-order valence-corrected chi connectivity index (χ4v) is 4.20. The van der Waals surface area contributed by atoms with E-state index in [9.17, 15) is 10.1 Å². The molecule has 0 amide bonds. The highest BCUT2D eigenvalue weighted by Crippen LogP contribution is 2.32. The number of nitrogens with one attached hydrogen (secondary N) is 1. The predicted octanol–water partition coefficient (Wildman–Crippen LogP) is 3.12.